The lowest BCUT2D eigenvalue weighted by Gasteiger charge is -2.23. The molecule has 1 aromatic rings. The van der Waals surface area contributed by atoms with Crippen molar-refractivity contribution in [3.05, 3.63) is 28.8 Å². The Morgan fingerprint density at radius 3 is 2.75 bits per heavy atom. The summed E-state index contributed by atoms with van der Waals surface area (Å²) in [7, 11) is 0. The van der Waals surface area contributed by atoms with Gasteiger partial charge in [0.25, 0.3) is 0 Å². The maximum atomic E-state index is 9.12. The molecule has 0 aromatic heterocycles. The van der Waals surface area contributed by atoms with Crippen LogP contribution in [0.3, 0.4) is 0 Å². The zero-order chi connectivity index (χ0) is 12.2. The molecule has 0 aliphatic carbocycles. The number of nitriles is 1. The first-order valence-corrected chi connectivity index (χ1v) is 5.41. The van der Waals surface area contributed by atoms with Gasteiger partial charge in [0.05, 0.1) is 11.3 Å². The van der Waals surface area contributed by atoms with Crippen molar-refractivity contribution in [2.24, 2.45) is 5.41 Å². The van der Waals surface area contributed by atoms with Crippen LogP contribution in [0.1, 0.15) is 19.4 Å². The highest BCUT2D eigenvalue weighted by Crippen LogP contribution is 2.22. The van der Waals surface area contributed by atoms with E-state index in [1.807, 2.05) is 13.8 Å². The van der Waals surface area contributed by atoms with Crippen molar-refractivity contribution < 1.29 is 5.11 Å². The summed E-state index contributed by atoms with van der Waals surface area (Å²) >= 11 is 5.86. The van der Waals surface area contributed by atoms with E-state index < -0.39 is 0 Å². The summed E-state index contributed by atoms with van der Waals surface area (Å²) in [4.78, 5) is 0. The van der Waals surface area contributed by atoms with Crippen molar-refractivity contribution in [2.75, 3.05) is 18.5 Å². The topological polar surface area (TPSA) is 56.0 Å². The van der Waals surface area contributed by atoms with Gasteiger partial charge in [0.15, 0.2) is 0 Å². The van der Waals surface area contributed by atoms with Crippen molar-refractivity contribution in [3.63, 3.8) is 0 Å². The Kier molecular flexibility index (Phi) is 4.17. The Morgan fingerprint density at radius 2 is 2.19 bits per heavy atom. The molecule has 1 aromatic carbocycles. The maximum absolute atomic E-state index is 9.12. The number of nitrogens with zero attached hydrogens (tertiary/aromatic N) is 1. The molecule has 0 saturated carbocycles. The van der Waals surface area contributed by atoms with E-state index in [4.69, 9.17) is 22.0 Å². The van der Waals surface area contributed by atoms with E-state index in [9.17, 15) is 0 Å². The average Bonchev–Trinajstić information content (AvgIpc) is 2.27. The van der Waals surface area contributed by atoms with Gasteiger partial charge in [0.2, 0.25) is 0 Å². The number of halogens is 1. The normalized spacial score (nSPS) is 10.9. The standard InChI is InChI=1S/C12H15ClN2O/c1-12(2,8-16)7-15-11-5-10(13)4-3-9(11)6-14/h3-5,15-16H,7-8H2,1-2H3. The van der Waals surface area contributed by atoms with Gasteiger partial charge in [0, 0.05) is 23.6 Å². The van der Waals surface area contributed by atoms with Gasteiger partial charge in [0.1, 0.15) is 6.07 Å². The summed E-state index contributed by atoms with van der Waals surface area (Å²) in [6.45, 7) is 4.55. The molecule has 4 heteroatoms. The summed E-state index contributed by atoms with van der Waals surface area (Å²) in [5, 5.41) is 21.8. The first-order chi connectivity index (χ1) is 7.48. The van der Waals surface area contributed by atoms with Crippen LogP contribution < -0.4 is 5.32 Å². The van der Waals surface area contributed by atoms with Crippen LogP contribution in [0.5, 0.6) is 0 Å². The first kappa shape index (κ1) is 12.8. The van der Waals surface area contributed by atoms with Gasteiger partial charge in [-0.1, -0.05) is 25.4 Å². The van der Waals surface area contributed by atoms with Crippen LogP contribution in [0.2, 0.25) is 5.02 Å². The summed E-state index contributed by atoms with van der Waals surface area (Å²) < 4.78 is 0. The fourth-order valence-electron chi connectivity index (χ4n) is 1.15. The number of anilines is 1. The smallest absolute Gasteiger partial charge is 0.101 e. The fourth-order valence-corrected chi connectivity index (χ4v) is 1.32. The van der Waals surface area contributed by atoms with Crippen molar-refractivity contribution in [1.29, 1.82) is 5.26 Å². The molecule has 0 spiro atoms. The number of hydrogen-bond acceptors (Lipinski definition) is 3. The average molecular weight is 239 g/mol. The van der Waals surface area contributed by atoms with Gasteiger partial charge in [-0.25, -0.2) is 0 Å². The minimum atomic E-state index is -0.227. The van der Waals surface area contributed by atoms with E-state index in [-0.39, 0.29) is 12.0 Å². The quantitative estimate of drug-likeness (QED) is 0.848. The van der Waals surface area contributed by atoms with E-state index in [0.29, 0.717) is 22.8 Å². The van der Waals surface area contributed by atoms with Crippen LogP contribution in [-0.4, -0.2) is 18.3 Å². The largest absolute Gasteiger partial charge is 0.396 e. The molecule has 86 valence electrons. The van der Waals surface area contributed by atoms with Gasteiger partial charge in [-0.3, -0.25) is 0 Å². The van der Waals surface area contributed by atoms with Crippen LogP contribution in [0.4, 0.5) is 5.69 Å². The van der Waals surface area contributed by atoms with E-state index in [1.54, 1.807) is 18.2 Å². The molecular weight excluding hydrogens is 224 g/mol. The molecule has 3 nitrogen and oxygen atoms in total. The fraction of sp³-hybridized carbons (Fsp3) is 0.417. The highest BCUT2D eigenvalue weighted by atomic mass is 35.5. The zero-order valence-electron chi connectivity index (χ0n) is 9.42. The van der Waals surface area contributed by atoms with E-state index >= 15 is 0 Å². The molecule has 0 unspecified atom stereocenters. The summed E-state index contributed by atoms with van der Waals surface area (Å²) in [5.74, 6) is 0. The summed E-state index contributed by atoms with van der Waals surface area (Å²) in [5.41, 5.74) is 1.03. The molecule has 0 fully saturated rings. The number of rotatable bonds is 4. The van der Waals surface area contributed by atoms with E-state index in [0.717, 1.165) is 0 Å². The monoisotopic (exact) mass is 238 g/mol. The van der Waals surface area contributed by atoms with Crippen LogP contribution in [0.15, 0.2) is 18.2 Å². The van der Waals surface area contributed by atoms with Gasteiger partial charge in [-0.2, -0.15) is 5.26 Å². The molecule has 0 aliphatic rings. The van der Waals surface area contributed by atoms with Gasteiger partial charge >= 0.3 is 0 Å². The van der Waals surface area contributed by atoms with Gasteiger partial charge in [-0.05, 0) is 18.2 Å². The molecule has 0 radical (unpaired) electrons. The van der Waals surface area contributed by atoms with Crippen molar-refractivity contribution in [3.8, 4) is 6.07 Å². The second-order valence-electron chi connectivity index (χ2n) is 4.48. The third-order valence-electron chi connectivity index (χ3n) is 2.29. The van der Waals surface area contributed by atoms with Gasteiger partial charge < -0.3 is 10.4 Å². The Balaban J connectivity index is 2.81. The van der Waals surface area contributed by atoms with Crippen LogP contribution in [0.25, 0.3) is 0 Å². The Labute approximate surface area is 101 Å². The molecular formula is C12H15ClN2O. The maximum Gasteiger partial charge on any atom is 0.101 e. The number of hydrogen-bond donors (Lipinski definition) is 2. The lowest BCUT2D eigenvalue weighted by atomic mass is 9.95. The highest BCUT2D eigenvalue weighted by Gasteiger charge is 2.16. The Hall–Kier alpha value is -1.24. The molecule has 0 aliphatic heterocycles. The Morgan fingerprint density at radius 1 is 1.50 bits per heavy atom. The molecule has 1 rings (SSSR count). The summed E-state index contributed by atoms with van der Waals surface area (Å²) in [6.07, 6.45) is 0. The number of aliphatic hydroxyl groups is 1. The van der Waals surface area contributed by atoms with Crippen molar-refractivity contribution in [2.45, 2.75) is 13.8 Å². The molecule has 0 heterocycles. The predicted molar refractivity (Wildman–Crippen MR) is 65.5 cm³/mol. The van der Waals surface area contributed by atoms with Crippen LogP contribution >= 0.6 is 11.6 Å². The minimum absolute atomic E-state index is 0.0858. The van der Waals surface area contributed by atoms with Crippen LogP contribution in [-0.2, 0) is 0 Å². The minimum Gasteiger partial charge on any atom is -0.396 e. The van der Waals surface area contributed by atoms with Gasteiger partial charge in [-0.15, -0.1) is 0 Å². The Bertz CT molecular complexity index is 410. The molecule has 0 bridgehead atoms. The predicted octanol–water partition coefficient (Wildman–Crippen LogP) is 2.64. The second kappa shape index (κ2) is 5.20. The third-order valence-corrected chi connectivity index (χ3v) is 2.52. The molecule has 2 N–H and O–H groups in total. The lowest BCUT2D eigenvalue weighted by Crippen LogP contribution is -2.27. The van der Waals surface area contributed by atoms with Crippen LogP contribution in [0, 0.1) is 16.7 Å². The van der Waals surface area contributed by atoms with Crippen molar-refractivity contribution in [1.82, 2.24) is 0 Å². The SMILES string of the molecule is CC(C)(CO)CNc1cc(Cl)ccc1C#N. The first-order valence-electron chi connectivity index (χ1n) is 5.03. The van der Waals surface area contributed by atoms with Crippen molar-refractivity contribution >= 4 is 17.3 Å². The zero-order valence-corrected chi connectivity index (χ0v) is 10.2. The number of nitrogens with one attached hydrogen (secondary N) is 1. The number of benzene rings is 1. The highest BCUT2D eigenvalue weighted by molar-refractivity contribution is 6.30. The number of aliphatic hydroxyl groups excluding tert-OH is 1. The molecule has 0 saturated heterocycles. The third kappa shape index (κ3) is 3.41. The second-order valence-corrected chi connectivity index (χ2v) is 4.91. The summed E-state index contributed by atoms with van der Waals surface area (Å²) in [6, 6.07) is 7.17. The molecule has 0 atom stereocenters. The molecule has 0 amide bonds. The lowest BCUT2D eigenvalue weighted by molar-refractivity contribution is 0.171. The van der Waals surface area contributed by atoms with E-state index in [1.165, 1.54) is 0 Å². The molecule has 16 heavy (non-hydrogen) atoms. The van der Waals surface area contributed by atoms with E-state index in [2.05, 4.69) is 11.4 Å².